The Balaban J connectivity index is 5.30. The molecule has 10 heteroatoms. The normalized spacial score (nSPS) is 19.3. The molecule has 0 unspecified atom stereocenters. The molecule has 0 rings (SSSR count). The van der Waals surface area contributed by atoms with Gasteiger partial charge in [0, 0.05) is 0 Å². The highest BCUT2D eigenvalue weighted by molar-refractivity contribution is 14.1. The van der Waals surface area contributed by atoms with Crippen LogP contribution in [0.3, 0.4) is 0 Å². The van der Waals surface area contributed by atoms with Crippen molar-refractivity contribution in [2.45, 2.75) is 22.0 Å². The lowest BCUT2D eigenvalue weighted by molar-refractivity contribution is -0.350. The Bertz CT molecular complexity index is 186. The largest absolute Gasteiger partial charge is 0.458 e. The van der Waals surface area contributed by atoms with Crippen molar-refractivity contribution in [3.8, 4) is 0 Å². The van der Waals surface area contributed by atoms with Crippen LogP contribution in [0.5, 0.6) is 0 Å². The van der Waals surface area contributed by atoms with E-state index in [1.165, 1.54) is 0 Å². The minimum Gasteiger partial charge on any atom is -0.215 e. The third-order valence-corrected chi connectivity index (χ3v) is 2.40. The second kappa shape index (κ2) is 3.30. The fraction of sp³-hybridized carbons (Fsp3) is 1.00. The van der Waals surface area contributed by atoms with Gasteiger partial charge in [-0.25, -0.2) is 4.39 Å². The van der Waals surface area contributed by atoms with Crippen molar-refractivity contribution < 1.29 is 39.5 Å². The van der Waals surface area contributed by atoms with Gasteiger partial charge in [-0.2, -0.15) is 35.1 Å². The van der Waals surface area contributed by atoms with Gasteiger partial charge in [0.15, 0.2) is 0 Å². The van der Waals surface area contributed by atoms with E-state index in [0.29, 0.717) is 0 Å². The van der Waals surface area contributed by atoms with Gasteiger partial charge in [-0.3, -0.25) is 0 Å². The van der Waals surface area contributed by atoms with Gasteiger partial charge in [-0.1, -0.05) is 0 Å². The summed E-state index contributed by atoms with van der Waals surface area (Å²) in [5.74, 6) is -6.49. The van der Waals surface area contributed by atoms with Gasteiger partial charge < -0.3 is 0 Å². The molecule has 0 saturated carbocycles. The third kappa shape index (κ3) is 2.03. The van der Waals surface area contributed by atoms with E-state index in [1.54, 1.807) is 0 Å². The van der Waals surface area contributed by atoms with Crippen LogP contribution in [0.1, 0.15) is 0 Å². The first-order valence-electron chi connectivity index (χ1n) is 2.64. The monoisotopic (exact) mass is 346 g/mol. The molecule has 0 nitrogen and oxygen atoms in total. The highest BCUT2D eigenvalue weighted by Gasteiger charge is 2.80. The molecule has 0 spiro atoms. The van der Waals surface area contributed by atoms with Crippen LogP contribution in [0.4, 0.5) is 39.5 Å². The second-order valence-corrected chi connectivity index (χ2v) is 3.63. The molecule has 0 heterocycles. The van der Waals surface area contributed by atoms with Crippen LogP contribution in [-0.2, 0) is 0 Å². The Hall–Kier alpha value is 0.1000. The van der Waals surface area contributed by atoms with Crippen LogP contribution < -0.4 is 0 Å². The topological polar surface area (TPSA) is 0 Å². The molecule has 0 aliphatic rings. The van der Waals surface area contributed by atoms with E-state index < -0.39 is 44.5 Å². The average Bonchev–Trinajstić information content (AvgIpc) is 1.81. The van der Waals surface area contributed by atoms with E-state index in [2.05, 4.69) is 0 Å². The molecule has 0 aliphatic carbocycles. The Kier molecular flexibility index (Phi) is 3.33. The van der Waals surface area contributed by atoms with Gasteiger partial charge in [0.2, 0.25) is 0 Å². The smallest absolute Gasteiger partial charge is 0.215 e. The Morgan fingerprint density at radius 1 is 0.571 bits per heavy atom. The van der Waals surface area contributed by atoms with Crippen LogP contribution in [-0.4, -0.2) is 22.0 Å². The van der Waals surface area contributed by atoms with E-state index in [-0.39, 0.29) is 0 Å². The minimum atomic E-state index is -6.60. The van der Waals surface area contributed by atoms with Gasteiger partial charge >= 0.3 is 22.0 Å². The summed E-state index contributed by atoms with van der Waals surface area (Å²) in [6, 6.07) is 0. The summed E-state index contributed by atoms with van der Waals surface area (Å²) in [6.07, 6.45) is -12.9. The SMILES string of the molecule is FC(F)(F)C(F)(F)[C@@](F)(I)C(F)(F)F. The lowest BCUT2D eigenvalue weighted by Crippen LogP contribution is -2.58. The van der Waals surface area contributed by atoms with Gasteiger partial charge in [-0.15, -0.1) is 0 Å². The zero-order valence-electron chi connectivity index (χ0n) is 5.78. The van der Waals surface area contributed by atoms with Crippen LogP contribution in [0.2, 0.25) is 0 Å². The number of hydrogen-bond acceptors (Lipinski definition) is 0. The molecule has 0 amide bonds. The first-order valence-corrected chi connectivity index (χ1v) is 3.72. The standard InChI is InChI=1S/C4F9I/c5-1(6,3(8,9)10)2(7,14)4(11,12)13/t2-/m1/s1. The summed E-state index contributed by atoms with van der Waals surface area (Å²) in [5.41, 5.74) is 0. The van der Waals surface area contributed by atoms with Crippen molar-refractivity contribution in [2.75, 3.05) is 0 Å². The molecule has 0 bridgehead atoms. The van der Waals surface area contributed by atoms with Gasteiger partial charge in [-0.05, 0) is 22.6 Å². The van der Waals surface area contributed by atoms with Crippen molar-refractivity contribution >= 4 is 22.6 Å². The van der Waals surface area contributed by atoms with E-state index in [4.69, 9.17) is 0 Å². The van der Waals surface area contributed by atoms with E-state index in [9.17, 15) is 39.5 Å². The number of rotatable bonds is 1. The van der Waals surface area contributed by atoms with E-state index in [0.717, 1.165) is 0 Å². The molecule has 0 saturated heterocycles. The molecule has 0 aromatic carbocycles. The molecule has 0 aromatic heterocycles. The van der Waals surface area contributed by atoms with Crippen molar-refractivity contribution in [1.82, 2.24) is 0 Å². The zero-order chi connectivity index (χ0) is 12.0. The third-order valence-electron chi connectivity index (χ3n) is 1.11. The van der Waals surface area contributed by atoms with Gasteiger partial charge in [0.1, 0.15) is 0 Å². The fourth-order valence-corrected chi connectivity index (χ4v) is 0.662. The lowest BCUT2D eigenvalue weighted by Gasteiger charge is -2.31. The van der Waals surface area contributed by atoms with Crippen molar-refractivity contribution in [3.63, 3.8) is 0 Å². The maximum Gasteiger partial charge on any atom is 0.458 e. The van der Waals surface area contributed by atoms with Crippen LogP contribution >= 0.6 is 22.6 Å². The summed E-state index contributed by atoms with van der Waals surface area (Å²) in [7, 11) is 0. The minimum absolute atomic E-state index is 0.611. The number of hydrogen-bond donors (Lipinski definition) is 0. The molecular formula is C4F9I. The summed E-state index contributed by atoms with van der Waals surface area (Å²) in [4.78, 5) is 0. The first kappa shape index (κ1) is 14.1. The summed E-state index contributed by atoms with van der Waals surface area (Å²) in [6.45, 7) is 0. The molecule has 14 heavy (non-hydrogen) atoms. The summed E-state index contributed by atoms with van der Waals surface area (Å²) < 4.78 is 99.1. The molecule has 0 fully saturated rings. The van der Waals surface area contributed by atoms with Crippen molar-refractivity contribution in [2.24, 2.45) is 0 Å². The van der Waals surface area contributed by atoms with E-state index >= 15 is 0 Å². The maximum absolute atomic E-state index is 12.3. The number of alkyl halides is 10. The molecule has 0 N–H and O–H groups in total. The quantitative estimate of drug-likeness (QED) is 0.385. The van der Waals surface area contributed by atoms with E-state index in [1.807, 2.05) is 0 Å². The zero-order valence-corrected chi connectivity index (χ0v) is 7.94. The Labute approximate surface area is 84.6 Å². The molecule has 0 aromatic rings. The predicted octanol–water partition coefficient (Wildman–Crippen LogP) is 3.85. The molecular weight excluding hydrogens is 346 g/mol. The fourth-order valence-electron chi connectivity index (χ4n) is 0.356. The van der Waals surface area contributed by atoms with Crippen molar-refractivity contribution in [3.05, 3.63) is 0 Å². The van der Waals surface area contributed by atoms with Crippen molar-refractivity contribution in [1.29, 1.82) is 0 Å². The summed E-state index contributed by atoms with van der Waals surface area (Å²) in [5, 5.41) is 0. The molecule has 1 atom stereocenters. The van der Waals surface area contributed by atoms with Crippen LogP contribution in [0, 0.1) is 0 Å². The van der Waals surface area contributed by atoms with Gasteiger partial charge in [0.05, 0.1) is 0 Å². The van der Waals surface area contributed by atoms with Gasteiger partial charge in [0.25, 0.3) is 0 Å². The highest BCUT2D eigenvalue weighted by atomic mass is 127. The van der Waals surface area contributed by atoms with Crippen LogP contribution in [0.15, 0.2) is 0 Å². The molecule has 0 aliphatic heterocycles. The highest BCUT2D eigenvalue weighted by Crippen LogP contribution is 2.56. The molecule has 86 valence electrons. The first-order chi connectivity index (χ1) is 5.75. The second-order valence-electron chi connectivity index (χ2n) is 2.14. The Morgan fingerprint density at radius 3 is 0.929 bits per heavy atom. The summed E-state index contributed by atoms with van der Waals surface area (Å²) >= 11 is -0.611. The molecule has 0 radical (unpaired) electrons. The number of halogens is 10. The predicted molar refractivity (Wildman–Crippen MR) is 34.9 cm³/mol. The lowest BCUT2D eigenvalue weighted by atomic mass is 10.2. The maximum atomic E-state index is 12.3. The van der Waals surface area contributed by atoms with Crippen LogP contribution in [0.25, 0.3) is 0 Å². The average molecular weight is 346 g/mol. The Morgan fingerprint density at radius 2 is 0.857 bits per heavy atom.